The lowest BCUT2D eigenvalue weighted by Crippen LogP contribution is -2.12. The van der Waals surface area contributed by atoms with Crippen molar-refractivity contribution in [3.63, 3.8) is 0 Å². The van der Waals surface area contributed by atoms with Crippen LogP contribution in [0.15, 0.2) is 54.9 Å². The van der Waals surface area contributed by atoms with Gasteiger partial charge in [-0.2, -0.15) is 0 Å². The van der Waals surface area contributed by atoms with Gasteiger partial charge in [0.15, 0.2) is 0 Å². The van der Waals surface area contributed by atoms with Gasteiger partial charge >= 0.3 is 5.97 Å². The summed E-state index contributed by atoms with van der Waals surface area (Å²) >= 11 is 6.34. The molecule has 33 heavy (non-hydrogen) atoms. The molecule has 0 spiro atoms. The zero-order valence-electron chi connectivity index (χ0n) is 19.0. The molecule has 0 unspecified atom stereocenters. The standard InChI is InChI=1S/C26H27ClN4O2/c1-16(2)11-19-13-18(7-8-20(19)26(32)33)23-14-25(30-15-29-23)28-9-10-31-17(3)12-21-22(27)5-4-6-24(21)31/h4-8,12-16H,9-11H2,1-3H3,(H,32,33)(H,28,29,30). The summed E-state index contributed by atoms with van der Waals surface area (Å²) in [6.07, 6.45) is 2.22. The number of nitrogens with zero attached hydrogens (tertiary/aromatic N) is 3. The number of aryl methyl sites for hydroxylation is 1. The summed E-state index contributed by atoms with van der Waals surface area (Å²) in [6, 6.07) is 15.3. The average molecular weight is 463 g/mol. The molecule has 0 bridgehead atoms. The number of aromatic nitrogens is 3. The Hall–Kier alpha value is -3.38. The molecule has 2 aromatic carbocycles. The molecule has 2 N–H and O–H groups in total. The maximum Gasteiger partial charge on any atom is 0.335 e. The van der Waals surface area contributed by atoms with E-state index in [0.29, 0.717) is 24.4 Å². The fourth-order valence-corrected chi connectivity index (χ4v) is 4.38. The third-order valence-corrected chi connectivity index (χ3v) is 6.00. The number of rotatable bonds is 8. The molecule has 170 valence electrons. The van der Waals surface area contributed by atoms with Crippen molar-refractivity contribution < 1.29 is 9.90 Å². The number of carbonyl (C=O) groups is 1. The Morgan fingerprint density at radius 1 is 1.15 bits per heavy atom. The lowest BCUT2D eigenvalue weighted by Gasteiger charge is -2.12. The predicted octanol–water partition coefficient (Wildman–Crippen LogP) is 6.07. The Labute approximate surface area is 198 Å². The van der Waals surface area contributed by atoms with Gasteiger partial charge in [0.05, 0.1) is 11.3 Å². The summed E-state index contributed by atoms with van der Waals surface area (Å²) in [6.45, 7) is 7.68. The molecule has 0 radical (unpaired) electrons. The van der Waals surface area contributed by atoms with Crippen LogP contribution in [0.5, 0.6) is 0 Å². The van der Waals surface area contributed by atoms with Crippen LogP contribution in [0.2, 0.25) is 5.02 Å². The Morgan fingerprint density at radius 2 is 1.97 bits per heavy atom. The number of carboxylic acids is 1. The zero-order valence-corrected chi connectivity index (χ0v) is 19.7. The molecule has 4 rings (SSSR count). The van der Waals surface area contributed by atoms with Crippen molar-refractivity contribution in [1.82, 2.24) is 14.5 Å². The highest BCUT2D eigenvalue weighted by molar-refractivity contribution is 6.35. The molecule has 0 aliphatic heterocycles. The second kappa shape index (κ2) is 9.63. The highest BCUT2D eigenvalue weighted by atomic mass is 35.5. The van der Waals surface area contributed by atoms with Crippen LogP contribution in [0, 0.1) is 12.8 Å². The largest absolute Gasteiger partial charge is 0.478 e. The average Bonchev–Trinajstić information content (AvgIpc) is 3.10. The van der Waals surface area contributed by atoms with E-state index in [2.05, 4.69) is 52.8 Å². The minimum Gasteiger partial charge on any atom is -0.478 e. The molecule has 0 aliphatic carbocycles. The van der Waals surface area contributed by atoms with Gasteiger partial charge in [-0.1, -0.05) is 37.6 Å². The van der Waals surface area contributed by atoms with E-state index < -0.39 is 5.97 Å². The van der Waals surface area contributed by atoms with E-state index in [-0.39, 0.29) is 0 Å². The molecule has 0 saturated heterocycles. The van der Waals surface area contributed by atoms with E-state index in [1.807, 2.05) is 24.3 Å². The molecule has 2 heterocycles. The topological polar surface area (TPSA) is 80.0 Å². The van der Waals surface area contributed by atoms with Crippen LogP contribution < -0.4 is 5.32 Å². The highest BCUT2D eigenvalue weighted by Crippen LogP contribution is 2.27. The molecule has 2 aromatic heterocycles. The van der Waals surface area contributed by atoms with Gasteiger partial charge < -0.3 is 15.0 Å². The molecule has 7 heteroatoms. The molecule has 0 saturated carbocycles. The number of aromatic carboxylic acids is 1. The number of fused-ring (bicyclic) bond motifs is 1. The SMILES string of the molecule is Cc1cc2c(Cl)cccc2n1CCNc1cc(-c2ccc(C(=O)O)c(CC(C)C)c2)ncn1. The van der Waals surface area contributed by atoms with Gasteiger partial charge in [0.25, 0.3) is 0 Å². The maximum atomic E-state index is 11.6. The fourth-order valence-electron chi connectivity index (χ4n) is 4.16. The molecule has 0 amide bonds. The maximum absolute atomic E-state index is 11.6. The Morgan fingerprint density at radius 3 is 2.73 bits per heavy atom. The molecule has 6 nitrogen and oxygen atoms in total. The van der Waals surface area contributed by atoms with Crippen LogP contribution >= 0.6 is 11.6 Å². The first-order valence-electron chi connectivity index (χ1n) is 11.0. The van der Waals surface area contributed by atoms with E-state index in [4.69, 9.17) is 11.6 Å². The summed E-state index contributed by atoms with van der Waals surface area (Å²) in [5, 5.41) is 14.7. The van der Waals surface area contributed by atoms with Gasteiger partial charge in [0.2, 0.25) is 0 Å². The Balaban J connectivity index is 1.52. The van der Waals surface area contributed by atoms with E-state index >= 15 is 0 Å². The molecule has 4 aromatic rings. The number of benzene rings is 2. The third-order valence-electron chi connectivity index (χ3n) is 5.67. The molecule has 0 atom stereocenters. The molecule has 0 aliphatic rings. The number of nitrogens with one attached hydrogen (secondary N) is 1. The Bertz CT molecular complexity index is 1310. The van der Waals surface area contributed by atoms with E-state index in [1.165, 1.54) is 6.33 Å². The van der Waals surface area contributed by atoms with Crippen LogP contribution in [-0.4, -0.2) is 32.2 Å². The normalized spacial score (nSPS) is 11.3. The van der Waals surface area contributed by atoms with Crippen LogP contribution in [-0.2, 0) is 13.0 Å². The van der Waals surface area contributed by atoms with Gasteiger partial charge in [-0.3, -0.25) is 0 Å². The van der Waals surface area contributed by atoms with Crippen LogP contribution in [0.4, 0.5) is 5.82 Å². The van der Waals surface area contributed by atoms with Crippen molar-refractivity contribution >= 4 is 34.3 Å². The first-order chi connectivity index (χ1) is 15.8. The van der Waals surface area contributed by atoms with E-state index in [9.17, 15) is 9.90 Å². The number of halogens is 1. The first kappa shape index (κ1) is 22.8. The lowest BCUT2D eigenvalue weighted by molar-refractivity contribution is 0.0695. The highest BCUT2D eigenvalue weighted by Gasteiger charge is 2.14. The quantitative estimate of drug-likeness (QED) is 0.332. The number of hydrogen-bond donors (Lipinski definition) is 2. The van der Waals surface area contributed by atoms with Gasteiger partial charge in [-0.25, -0.2) is 14.8 Å². The van der Waals surface area contributed by atoms with Gasteiger partial charge in [0.1, 0.15) is 12.1 Å². The summed E-state index contributed by atoms with van der Waals surface area (Å²) in [7, 11) is 0. The summed E-state index contributed by atoms with van der Waals surface area (Å²) in [5.41, 5.74) is 5.05. The lowest BCUT2D eigenvalue weighted by atomic mass is 9.95. The second-order valence-electron chi connectivity index (χ2n) is 8.60. The molecular weight excluding hydrogens is 436 g/mol. The number of anilines is 1. The number of carboxylic acid groups (broad SMARTS) is 1. The van der Waals surface area contributed by atoms with Crippen LogP contribution in [0.3, 0.4) is 0 Å². The third kappa shape index (κ3) is 5.01. The van der Waals surface area contributed by atoms with Gasteiger partial charge in [-0.05, 0) is 55.2 Å². The zero-order chi connectivity index (χ0) is 23.5. The fraction of sp³-hybridized carbons (Fsp3) is 0.269. The van der Waals surface area contributed by atoms with Crippen molar-refractivity contribution in [2.45, 2.75) is 33.7 Å². The van der Waals surface area contributed by atoms with Gasteiger partial charge in [0, 0.05) is 46.3 Å². The van der Waals surface area contributed by atoms with Crippen molar-refractivity contribution in [3.05, 3.63) is 76.7 Å². The van der Waals surface area contributed by atoms with Gasteiger partial charge in [-0.15, -0.1) is 0 Å². The first-order valence-corrected chi connectivity index (χ1v) is 11.4. The monoisotopic (exact) mass is 462 g/mol. The number of hydrogen-bond acceptors (Lipinski definition) is 4. The predicted molar refractivity (Wildman–Crippen MR) is 133 cm³/mol. The summed E-state index contributed by atoms with van der Waals surface area (Å²) < 4.78 is 2.24. The van der Waals surface area contributed by atoms with E-state index in [0.717, 1.165) is 50.8 Å². The van der Waals surface area contributed by atoms with E-state index in [1.54, 1.807) is 12.1 Å². The second-order valence-corrected chi connectivity index (χ2v) is 9.01. The smallest absolute Gasteiger partial charge is 0.335 e. The summed E-state index contributed by atoms with van der Waals surface area (Å²) in [4.78, 5) is 20.4. The van der Waals surface area contributed by atoms with Crippen molar-refractivity contribution in [1.29, 1.82) is 0 Å². The summed E-state index contributed by atoms with van der Waals surface area (Å²) in [5.74, 6) is 0.167. The Kier molecular flexibility index (Phi) is 6.65. The van der Waals surface area contributed by atoms with Crippen molar-refractivity contribution in [3.8, 4) is 11.3 Å². The minimum atomic E-state index is -0.906. The van der Waals surface area contributed by atoms with Crippen molar-refractivity contribution in [2.75, 3.05) is 11.9 Å². The molecular formula is C26H27ClN4O2. The molecule has 0 fully saturated rings. The van der Waals surface area contributed by atoms with Crippen molar-refractivity contribution in [2.24, 2.45) is 5.92 Å². The van der Waals surface area contributed by atoms with Crippen LogP contribution in [0.1, 0.15) is 35.5 Å². The minimum absolute atomic E-state index is 0.342. The van der Waals surface area contributed by atoms with Crippen LogP contribution in [0.25, 0.3) is 22.2 Å².